The minimum atomic E-state index is -0.393. The molecule has 150 valence electrons. The Morgan fingerprint density at radius 1 is 1.17 bits per heavy atom. The van der Waals surface area contributed by atoms with Gasteiger partial charge in [-0.1, -0.05) is 36.8 Å². The third-order valence-electron chi connectivity index (χ3n) is 5.46. The van der Waals surface area contributed by atoms with Crippen molar-refractivity contribution in [1.82, 2.24) is 9.55 Å². The zero-order valence-corrected chi connectivity index (χ0v) is 16.9. The number of para-hydroxylation sites is 1. The number of piperidine rings is 1. The monoisotopic (exact) mass is 390 g/mol. The molecule has 1 aliphatic rings. The number of hydrogen-bond acceptors (Lipinski definition) is 4. The zero-order chi connectivity index (χ0) is 20.4. The Morgan fingerprint density at radius 2 is 1.93 bits per heavy atom. The summed E-state index contributed by atoms with van der Waals surface area (Å²) in [6.45, 7) is 5.95. The lowest BCUT2D eigenvalue weighted by atomic mass is 10.00. The molecule has 0 saturated carbocycles. The third kappa shape index (κ3) is 4.16. The highest BCUT2D eigenvalue weighted by Crippen LogP contribution is 2.27. The molecule has 6 heteroatoms. The number of anilines is 2. The molecular weight excluding hydrogens is 364 g/mol. The molecule has 1 aromatic heterocycles. The number of fused-ring (bicyclic) bond motifs is 1. The van der Waals surface area contributed by atoms with Crippen LogP contribution in [-0.2, 0) is 11.3 Å². The third-order valence-corrected chi connectivity index (χ3v) is 5.46. The predicted molar refractivity (Wildman–Crippen MR) is 116 cm³/mol. The molecule has 0 unspecified atom stereocenters. The molecule has 1 atom stereocenters. The minimum absolute atomic E-state index is 0.0725. The number of carbonyl (C=O) groups is 1. The van der Waals surface area contributed by atoms with Crippen molar-refractivity contribution in [2.75, 3.05) is 23.3 Å². The lowest BCUT2D eigenvalue weighted by molar-refractivity contribution is -0.116. The molecule has 1 amide bonds. The second-order valence-electron chi connectivity index (χ2n) is 7.93. The van der Waals surface area contributed by atoms with Crippen molar-refractivity contribution in [1.29, 1.82) is 0 Å². The summed E-state index contributed by atoms with van der Waals surface area (Å²) in [4.78, 5) is 32.0. The SMILES string of the molecule is Cc1ccc(NC(=O)Cn2c(=O)nc(N3CCC[C@H](C)C3)c3ccccc32)cc1. The molecule has 1 saturated heterocycles. The van der Waals surface area contributed by atoms with Crippen LogP contribution in [-0.4, -0.2) is 28.5 Å². The van der Waals surface area contributed by atoms with Crippen LogP contribution in [0.4, 0.5) is 11.5 Å². The normalized spacial score (nSPS) is 16.8. The molecule has 1 aliphatic heterocycles. The molecule has 6 nitrogen and oxygen atoms in total. The van der Waals surface area contributed by atoms with Crippen LogP contribution in [0.15, 0.2) is 53.3 Å². The van der Waals surface area contributed by atoms with Crippen molar-refractivity contribution < 1.29 is 4.79 Å². The summed E-state index contributed by atoms with van der Waals surface area (Å²) in [7, 11) is 0. The van der Waals surface area contributed by atoms with E-state index in [2.05, 4.69) is 22.1 Å². The molecule has 0 aliphatic carbocycles. The Bertz CT molecular complexity index is 1090. The van der Waals surface area contributed by atoms with Gasteiger partial charge in [-0.15, -0.1) is 0 Å². The molecule has 2 aromatic carbocycles. The summed E-state index contributed by atoms with van der Waals surface area (Å²) in [6.07, 6.45) is 2.30. The molecule has 3 aromatic rings. The molecule has 1 N–H and O–H groups in total. The van der Waals surface area contributed by atoms with Crippen molar-refractivity contribution in [3.05, 3.63) is 64.6 Å². The van der Waals surface area contributed by atoms with Crippen molar-refractivity contribution in [2.45, 2.75) is 33.2 Å². The number of aromatic nitrogens is 2. The largest absolute Gasteiger partial charge is 0.356 e. The molecule has 2 heterocycles. The van der Waals surface area contributed by atoms with E-state index in [1.807, 2.05) is 55.5 Å². The van der Waals surface area contributed by atoms with E-state index >= 15 is 0 Å². The molecule has 0 radical (unpaired) electrons. The first-order valence-corrected chi connectivity index (χ1v) is 10.1. The van der Waals surface area contributed by atoms with Gasteiger partial charge in [0.05, 0.1) is 5.52 Å². The standard InChI is InChI=1S/C23H26N4O2/c1-16-9-11-18(12-10-16)24-21(28)15-27-20-8-4-3-7-19(20)22(25-23(27)29)26-13-5-6-17(2)14-26/h3-4,7-12,17H,5-6,13-15H2,1-2H3,(H,24,28)/t17-/m0/s1. The van der Waals surface area contributed by atoms with Crippen LogP contribution in [0.5, 0.6) is 0 Å². The lowest BCUT2D eigenvalue weighted by Gasteiger charge is -2.32. The van der Waals surface area contributed by atoms with E-state index in [0.29, 0.717) is 11.6 Å². The fourth-order valence-corrected chi connectivity index (χ4v) is 3.97. The number of carbonyl (C=O) groups excluding carboxylic acids is 1. The molecule has 1 fully saturated rings. The Morgan fingerprint density at radius 3 is 2.69 bits per heavy atom. The van der Waals surface area contributed by atoms with Crippen LogP contribution in [0.1, 0.15) is 25.3 Å². The highest BCUT2D eigenvalue weighted by atomic mass is 16.2. The smallest absolute Gasteiger partial charge is 0.350 e. The molecule has 4 rings (SSSR count). The van der Waals surface area contributed by atoms with Gasteiger partial charge in [-0.3, -0.25) is 9.36 Å². The Labute approximate surface area is 170 Å². The maximum Gasteiger partial charge on any atom is 0.350 e. The minimum Gasteiger partial charge on any atom is -0.356 e. The van der Waals surface area contributed by atoms with Crippen molar-refractivity contribution in [3.63, 3.8) is 0 Å². The number of benzene rings is 2. The molecule has 0 bridgehead atoms. The number of aryl methyl sites for hydroxylation is 1. The van der Waals surface area contributed by atoms with Crippen LogP contribution in [0.25, 0.3) is 10.9 Å². The first-order valence-electron chi connectivity index (χ1n) is 10.1. The molecular formula is C23H26N4O2. The van der Waals surface area contributed by atoms with Crippen molar-refractivity contribution >= 4 is 28.3 Å². The van der Waals surface area contributed by atoms with E-state index in [1.165, 1.54) is 11.0 Å². The average Bonchev–Trinajstić information content (AvgIpc) is 2.71. The first-order chi connectivity index (χ1) is 14.0. The van der Waals surface area contributed by atoms with E-state index in [1.54, 1.807) is 0 Å². The number of nitrogens with one attached hydrogen (secondary N) is 1. The van der Waals surface area contributed by atoms with Gasteiger partial charge in [0.2, 0.25) is 5.91 Å². The average molecular weight is 390 g/mol. The summed E-state index contributed by atoms with van der Waals surface area (Å²) in [5.74, 6) is 1.06. The van der Waals surface area contributed by atoms with Gasteiger partial charge < -0.3 is 10.2 Å². The fraction of sp³-hybridized carbons (Fsp3) is 0.348. The number of hydrogen-bond donors (Lipinski definition) is 1. The summed E-state index contributed by atoms with van der Waals surface area (Å²) >= 11 is 0. The van der Waals surface area contributed by atoms with Gasteiger partial charge in [0.1, 0.15) is 12.4 Å². The van der Waals surface area contributed by atoms with Gasteiger partial charge in [-0.2, -0.15) is 4.98 Å². The van der Waals surface area contributed by atoms with Crippen LogP contribution >= 0.6 is 0 Å². The second-order valence-corrected chi connectivity index (χ2v) is 7.93. The topological polar surface area (TPSA) is 67.2 Å². The van der Waals surface area contributed by atoms with Crippen LogP contribution in [0.3, 0.4) is 0 Å². The number of nitrogens with zero attached hydrogens (tertiary/aromatic N) is 3. The first kappa shape index (κ1) is 19.2. The van der Waals surface area contributed by atoms with E-state index in [0.717, 1.165) is 41.8 Å². The van der Waals surface area contributed by atoms with Gasteiger partial charge in [-0.05, 0) is 49.9 Å². The maximum absolute atomic E-state index is 12.9. The molecule has 0 spiro atoms. The van der Waals surface area contributed by atoms with E-state index in [-0.39, 0.29) is 12.5 Å². The molecule has 29 heavy (non-hydrogen) atoms. The van der Waals surface area contributed by atoms with Crippen LogP contribution < -0.4 is 15.9 Å². The van der Waals surface area contributed by atoms with E-state index < -0.39 is 5.69 Å². The second kappa shape index (κ2) is 8.07. The van der Waals surface area contributed by atoms with Crippen molar-refractivity contribution in [3.8, 4) is 0 Å². The lowest BCUT2D eigenvalue weighted by Crippen LogP contribution is -2.38. The quantitative estimate of drug-likeness (QED) is 0.739. The van der Waals surface area contributed by atoms with Gasteiger partial charge in [-0.25, -0.2) is 4.79 Å². The highest BCUT2D eigenvalue weighted by molar-refractivity contribution is 5.93. The number of amides is 1. The van der Waals surface area contributed by atoms with Gasteiger partial charge in [0, 0.05) is 24.2 Å². The highest BCUT2D eigenvalue weighted by Gasteiger charge is 2.21. The predicted octanol–water partition coefficient (Wildman–Crippen LogP) is 3.58. The number of rotatable bonds is 4. The van der Waals surface area contributed by atoms with E-state index in [4.69, 9.17) is 0 Å². The Hall–Kier alpha value is -3.15. The van der Waals surface area contributed by atoms with Gasteiger partial charge in [0.25, 0.3) is 0 Å². The Balaban J connectivity index is 1.65. The van der Waals surface area contributed by atoms with E-state index in [9.17, 15) is 9.59 Å². The summed E-state index contributed by atoms with van der Waals surface area (Å²) < 4.78 is 1.45. The summed E-state index contributed by atoms with van der Waals surface area (Å²) in [5, 5.41) is 3.76. The summed E-state index contributed by atoms with van der Waals surface area (Å²) in [6, 6.07) is 15.3. The van der Waals surface area contributed by atoms with Gasteiger partial charge >= 0.3 is 5.69 Å². The maximum atomic E-state index is 12.9. The fourth-order valence-electron chi connectivity index (χ4n) is 3.97. The van der Waals surface area contributed by atoms with Crippen LogP contribution in [0, 0.1) is 12.8 Å². The summed E-state index contributed by atoms with van der Waals surface area (Å²) in [5.41, 5.74) is 2.18. The van der Waals surface area contributed by atoms with Crippen LogP contribution in [0.2, 0.25) is 0 Å². The van der Waals surface area contributed by atoms with Crippen molar-refractivity contribution in [2.24, 2.45) is 5.92 Å². The zero-order valence-electron chi connectivity index (χ0n) is 16.9. The van der Waals surface area contributed by atoms with Gasteiger partial charge in [0.15, 0.2) is 0 Å². The Kier molecular flexibility index (Phi) is 5.34.